The van der Waals surface area contributed by atoms with Crippen LogP contribution < -0.4 is 24.3 Å². The summed E-state index contributed by atoms with van der Waals surface area (Å²) < 4.78 is 22.5. The normalized spacial score (nSPS) is 27.2. The van der Waals surface area contributed by atoms with Crippen LogP contribution >= 0.6 is 0 Å². The molecule has 5 rings (SSSR count). The predicted molar refractivity (Wildman–Crippen MR) is 147 cm³/mol. The number of hydrogen-bond donors (Lipinski definition) is 1. The van der Waals surface area contributed by atoms with Crippen molar-refractivity contribution < 1.29 is 18.9 Å². The maximum absolute atomic E-state index is 5.67. The zero-order valence-corrected chi connectivity index (χ0v) is 23.2. The molecule has 37 heavy (non-hydrogen) atoms. The van der Waals surface area contributed by atoms with E-state index in [-0.39, 0.29) is 5.54 Å². The van der Waals surface area contributed by atoms with E-state index in [1.807, 2.05) is 0 Å². The van der Waals surface area contributed by atoms with Crippen molar-refractivity contribution in [1.82, 2.24) is 10.2 Å². The molecule has 3 heterocycles. The monoisotopic (exact) mass is 506 g/mol. The van der Waals surface area contributed by atoms with E-state index in [1.165, 1.54) is 28.7 Å². The second-order valence-corrected chi connectivity index (χ2v) is 10.8. The molecule has 6 heteroatoms. The van der Waals surface area contributed by atoms with Gasteiger partial charge in [-0.25, -0.2) is 0 Å². The predicted octanol–water partition coefficient (Wildman–Crippen LogP) is 5.28. The lowest BCUT2D eigenvalue weighted by molar-refractivity contribution is 0.0690. The van der Waals surface area contributed by atoms with Crippen molar-refractivity contribution >= 4 is 0 Å². The number of ether oxygens (including phenoxy) is 4. The van der Waals surface area contributed by atoms with Crippen LogP contribution in [0.4, 0.5) is 0 Å². The number of nitrogens with one attached hydrogen (secondary N) is 1. The maximum atomic E-state index is 5.67. The molecule has 1 saturated heterocycles. The fraction of sp³-hybridized carbons (Fsp3) is 0.548. The summed E-state index contributed by atoms with van der Waals surface area (Å²) in [6.07, 6.45) is 9.26. The summed E-state index contributed by atoms with van der Waals surface area (Å²) in [6, 6.07) is 9.12. The number of hydrogen-bond acceptors (Lipinski definition) is 6. The lowest BCUT2D eigenvalue weighted by atomic mass is 9.74. The van der Waals surface area contributed by atoms with Gasteiger partial charge in [0.2, 0.25) is 0 Å². The van der Waals surface area contributed by atoms with E-state index in [1.54, 1.807) is 28.4 Å². The Morgan fingerprint density at radius 2 is 1.57 bits per heavy atom. The van der Waals surface area contributed by atoms with Gasteiger partial charge in [-0.2, -0.15) is 0 Å². The highest BCUT2D eigenvalue weighted by molar-refractivity contribution is 5.52. The molecule has 4 atom stereocenters. The standard InChI is InChI=1S/C31H42N2O4/c1-7-20-19-33-13-10-22-15-27(34-3)29(36-5)17-24(22)26(33)14-21(20)8-11-31(2)25-18-30(37-6)28(35-4)16-23(25)9-12-32-31/h8,11,15-18,20-21,26,32H,7,9-10,12-14,19H2,1-6H3/t20-,21-,26-,31?/m0/s1. The Bertz CT molecular complexity index is 1160. The van der Waals surface area contributed by atoms with Crippen molar-refractivity contribution in [3.8, 4) is 23.0 Å². The lowest BCUT2D eigenvalue weighted by Gasteiger charge is -2.47. The minimum absolute atomic E-state index is 0.246. The molecular weight excluding hydrogens is 464 g/mol. The average Bonchev–Trinajstić information content (AvgIpc) is 2.94. The molecule has 0 aromatic heterocycles. The molecule has 3 aliphatic rings. The molecule has 0 aliphatic carbocycles. The maximum Gasteiger partial charge on any atom is 0.161 e. The van der Waals surface area contributed by atoms with E-state index in [0.717, 1.165) is 61.9 Å². The van der Waals surface area contributed by atoms with Gasteiger partial charge in [0.25, 0.3) is 0 Å². The third-order valence-electron chi connectivity index (χ3n) is 8.94. The molecule has 2 aromatic rings. The van der Waals surface area contributed by atoms with Gasteiger partial charge >= 0.3 is 0 Å². The lowest BCUT2D eigenvalue weighted by Crippen LogP contribution is -2.46. The van der Waals surface area contributed by atoms with Gasteiger partial charge in [0.1, 0.15) is 0 Å². The van der Waals surface area contributed by atoms with Crippen molar-refractivity contribution in [1.29, 1.82) is 0 Å². The molecule has 0 spiro atoms. The van der Waals surface area contributed by atoms with E-state index in [9.17, 15) is 0 Å². The highest BCUT2D eigenvalue weighted by atomic mass is 16.5. The SMILES string of the molecule is CC[C@H]1CN2CCc3cc(OC)c(OC)cc3[C@@H]2C[C@@H]1C=CC1(C)NCCc2cc(OC)c(OC)cc21. The number of piperidine rings is 1. The first-order valence-corrected chi connectivity index (χ1v) is 13.6. The Morgan fingerprint density at radius 3 is 2.24 bits per heavy atom. The molecular formula is C31H42N2O4. The molecule has 0 bridgehead atoms. The highest BCUT2D eigenvalue weighted by Crippen LogP contribution is 2.46. The number of methoxy groups -OCH3 is 4. The Hall–Kier alpha value is -2.70. The topological polar surface area (TPSA) is 52.2 Å². The van der Waals surface area contributed by atoms with Gasteiger partial charge in [-0.1, -0.05) is 25.5 Å². The smallest absolute Gasteiger partial charge is 0.161 e. The Labute approximate surface area is 221 Å². The summed E-state index contributed by atoms with van der Waals surface area (Å²) in [6.45, 7) is 7.81. The molecule has 0 amide bonds. The number of benzene rings is 2. The number of allylic oxidation sites excluding steroid dienone is 1. The zero-order valence-electron chi connectivity index (χ0n) is 23.2. The molecule has 1 N–H and O–H groups in total. The van der Waals surface area contributed by atoms with Crippen molar-refractivity contribution in [3.63, 3.8) is 0 Å². The van der Waals surface area contributed by atoms with Crippen LogP contribution in [0.2, 0.25) is 0 Å². The van der Waals surface area contributed by atoms with E-state index in [2.05, 4.69) is 60.5 Å². The summed E-state index contributed by atoms with van der Waals surface area (Å²) >= 11 is 0. The van der Waals surface area contributed by atoms with Crippen LogP contribution in [-0.2, 0) is 18.4 Å². The molecule has 6 nitrogen and oxygen atoms in total. The fourth-order valence-corrected chi connectivity index (χ4v) is 6.76. The van der Waals surface area contributed by atoms with Gasteiger partial charge in [0.15, 0.2) is 23.0 Å². The van der Waals surface area contributed by atoms with Crippen LogP contribution in [0, 0.1) is 11.8 Å². The van der Waals surface area contributed by atoms with Crippen LogP contribution in [-0.4, -0.2) is 53.0 Å². The Morgan fingerprint density at radius 1 is 0.919 bits per heavy atom. The molecule has 1 unspecified atom stereocenters. The van der Waals surface area contributed by atoms with Gasteiger partial charge in [0, 0.05) is 25.7 Å². The van der Waals surface area contributed by atoms with E-state index < -0.39 is 0 Å². The van der Waals surface area contributed by atoms with Gasteiger partial charge < -0.3 is 24.3 Å². The molecule has 0 radical (unpaired) electrons. The van der Waals surface area contributed by atoms with Crippen LogP contribution in [0.3, 0.4) is 0 Å². The minimum atomic E-state index is -0.246. The number of fused-ring (bicyclic) bond motifs is 4. The Balaban J connectivity index is 1.45. The van der Waals surface area contributed by atoms with Gasteiger partial charge in [0.05, 0.1) is 34.0 Å². The number of nitrogens with zero attached hydrogens (tertiary/aromatic N) is 1. The molecule has 200 valence electrons. The van der Waals surface area contributed by atoms with E-state index >= 15 is 0 Å². The van der Waals surface area contributed by atoms with Crippen molar-refractivity contribution in [2.75, 3.05) is 48.1 Å². The molecule has 0 saturated carbocycles. The van der Waals surface area contributed by atoms with Crippen LogP contribution in [0.15, 0.2) is 36.4 Å². The largest absolute Gasteiger partial charge is 0.493 e. The fourth-order valence-electron chi connectivity index (χ4n) is 6.76. The number of rotatable bonds is 7. The third kappa shape index (κ3) is 4.70. The van der Waals surface area contributed by atoms with Crippen molar-refractivity contribution in [2.24, 2.45) is 11.8 Å². The summed E-state index contributed by atoms with van der Waals surface area (Å²) in [5.41, 5.74) is 5.16. The Kier molecular flexibility index (Phi) is 7.42. The summed E-state index contributed by atoms with van der Waals surface area (Å²) in [5.74, 6) is 4.40. The minimum Gasteiger partial charge on any atom is -0.493 e. The van der Waals surface area contributed by atoms with E-state index in [0.29, 0.717) is 17.9 Å². The van der Waals surface area contributed by atoms with Crippen molar-refractivity contribution in [3.05, 3.63) is 58.7 Å². The highest BCUT2D eigenvalue weighted by Gasteiger charge is 2.39. The molecule has 1 fully saturated rings. The van der Waals surface area contributed by atoms with Gasteiger partial charge in [-0.05, 0) is 84.5 Å². The zero-order chi connectivity index (χ0) is 26.2. The third-order valence-corrected chi connectivity index (χ3v) is 8.94. The second kappa shape index (κ2) is 10.6. The first-order valence-electron chi connectivity index (χ1n) is 13.6. The second-order valence-electron chi connectivity index (χ2n) is 10.8. The van der Waals surface area contributed by atoms with Crippen molar-refractivity contribution in [2.45, 2.75) is 51.1 Å². The molecule has 2 aromatic carbocycles. The first kappa shape index (κ1) is 25.9. The van der Waals surface area contributed by atoms with Crippen LogP contribution in [0.25, 0.3) is 0 Å². The summed E-state index contributed by atoms with van der Waals surface area (Å²) in [5, 5.41) is 3.79. The first-order chi connectivity index (χ1) is 17.9. The summed E-state index contributed by atoms with van der Waals surface area (Å²) in [7, 11) is 6.86. The average molecular weight is 507 g/mol. The van der Waals surface area contributed by atoms with Crippen LogP contribution in [0.5, 0.6) is 23.0 Å². The van der Waals surface area contributed by atoms with Crippen LogP contribution in [0.1, 0.15) is 55.0 Å². The summed E-state index contributed by atoms with van der Waals surface area (Å²) in [4.78, 5) is 2.69. The van der Waals surface area contributed by atoms with Gasteiger partial charge in [-0.3, -0.25) is 4.90 Å². The van der Waals surface area contributed by atoms with E-state index in [4.69, 9.17) is 18.9 Å². The molecule has 3 aliphatic heterocycles. The van der Waals surface area contributed by atoms with Gasteiger partial charge in [-0.15, -0.1) is 0 Å². The quantitative estimate of drug-likeness (QED) is 0.516.